The molecule has 0 aliphatic rings. The Morgan fingerprint density at radius 3 is 2.39 bits per heavy atom. The van der Waals surface area contributed by atoms with Crippen LogP contribution in [0, 0.1) is 0 Å². The Labute approximate surface area is 109 Å². The molecule has 0 saturated carbocycles. The standard InChI is InChI=1S/C15H9ClO2/c16-13-5-3-10(4-6-13)11-1-2-12-7-14(9-17)18-15(12)8-11/h1-9H. The smallest absolute Gasteiger partial charge is 0.185 e. The molecule has 88 valence electrons. The van der Waals surface area contributed by atoms with Crippen molar-refractivity contribution in [3.63, 3.8) is 0 Å². The normalized spacial score (nSPS) is 10.7. The minimum Gasteiger partial charge on any atom is -0.453 e. The summed E-state index contributed by atoms with van der Waals surface area (Å²) in [6.07, 6.45) is 0.710. The summed E-state index contributed by atoms with van der Waals surface area (Å²) in [4.78, 5) is 10.7. The highest BCUT2D eigenvalue weighted by molar-refractivity contribution is 6.30. The van der Waals surface area contributed by atoms with E-state index < -0.39 is 0 Å². The quantitative estimate of drug-likeness (QED) is 0.629. The summed E-state index contributed by atoms with van der Waals surface area (Å²) in [5.41, 5.74) is 2.81. The third-order valence-corrected chi connectivity index (χ3v) is 3.08. The molecule has 0 radical (unpaired) electrons. The number of fused-ring (bicyclic) bond motifs is 1. The summed E-state index contributed by atoms with van der Waals surface area (Å²) >= 11 is 5.86. The first-order chi connectivity index (χ1) is 8.76. The average molecular weight is 257 g/mol. The molecule has 0 aliphatic carbocycles. The van der Waals surface area contributed by atoms with Gasteiger partial charge in [0, 0.05) is 10.4 Å². The van der Waals surface area contributed by atoms with Crippen LogP contribution < -0.4 is 0 Å². The predicted octanol–water partition coefficient (Wildman–Crippen LogP) is 4.57. The fourth-order valence-corrected chi connectivity index (χ4v) is 2.06. The molecule has 3 heteroatoms. The fourth-order valence-electron chi connectivity index (χ4n) is 1.93. The lowest BCUT2D eigenvalue weighted by Gasteiger charge is -2.01. The first kappa shape index (κ1) is 11.1. The minimum atomic E-state index is 0.346. The van der Waals surface area contributed by atoms with Crippen molar-refractivity contribution in [3.05, 3.63) is 59.3 Å². The minimum absolute atomic E-state index is 0.346. The van der Waals surface area contributed by atoms with Gasteiger partial charge in [0.1, 0.15) is 5.58 Å². The lowest BCUT2D eigenvalue weighted by atomic mass is 10.0. The van der Waals surface area contributed by atoms with Gasteiger partial charge in [-0.15, -0.1) is 0 Å². The molecule has 0 fully saturated rings. The molecule has 1 aromatic heterocycles. The molecule has 2 nitrogen and oxygen atoms in total. The molecule has 0 N–H and O–H groups in total. The number of furan rings is 1. The molecule has 3 rings (SSSR count). The second kappa shape index (κ2) is 4.31. The van der Waals surface area contributed by atoms with E-state index in [2.05, 4.69) is 0 Å². The van der Waals surface area contributed by atoms with Crippen LogP contribution in [0.3, 0.4) is 0 Å². The van der Waals surface area contributed by atoms with Gasteiger partial charge in [-0.25, -0.2) is 0 Å². The molecule has 0 atom stereocenters. The number of hydrogen-bond donors (Lipinski definition) is 0. The van der Waals surface area contributed by atoms with Crippen LogP contribution >= 0.6 is 11.6 Å². The number of benzene rings is 2. The summed E-state index contributed by atoms with van der Waals surface area (Å²) in [6, 6.07) is 15.2. The van der Waals surface area contributed by atoms with Crippen molar-refractivity contribution in [1.82, 2.24) is 0 Å². The van der Waals surface area contributed by atoms with Crippen molar-refractivity contribution in [3.8, 4) is 11.1 Å². The summed E-state index contributed by atoms with van der Waals surface area (Å²) in [7, 11) is 0. The second-order valence-corrected chi connectivity index (χ2v) is 4.46. The predicted molar refractivity (Wildman–Crippen MR) is 72.0 cm³/mol. The third-order valence-electron chi connectivity index (χ3n) is 2.83. The van der Waals surface area contributed by atoms with E-state index in [9.17, 15) is 4.79 Å². The lowest BCUT2D eigenvalue weighted by Crippen LogP contribution is -1.76. The van der Waals surface area contributed by atoms with Crippen LogP contribution in [0.2, 0.25) is 5.02 Å². The average Bonchev–Trinajstić information content (AvgIpc) is 2.81. The fraction of sp³-hybridized carbons (Fsp3) is 0. The number of hydrogen-bond acceptors (Lipinski definition) is 2. The zero-order valence-electron chi connectivity index (χ0n) is 9.39. The molecule has 0 saturated heterocycles. The van der Waals surface area contributed by atoms with E-state index in [1.807, 2.05) is 42.5 Å². The number of carbonyl (C=O) groups is 1. The zero-order valence-corrected chi connectivity index (χ0v) is 10.1. The summed E-state index contributed by atoms with van der Waals surface area (Å²) in [5.74, 6) is 0.346. The van der Waals surface area contributed by atoms with Gasteiger partial charge < -0.3 is 4.42 Å². The molecule has 0 aliphatic heterocycles. The van der Waals surface area contributed by atoms with E-state index in [1.165, 1.54) is 0 Å². The Morgan fingerprint density at radius 1 is 0.944 bits per heavy atom. The van der Waals surface area contributed by atoms with Gasteiger partial charge >= 0.3 is 0 Å². The first-order valence-corrected chi connectivity index (χ1v) is 5.89. The van der Waals surface area contributed by atoms with Crippen molar-refractivity contribution < 1.29 is 9.21 Å². The SMILES string of the molecule is O=Cc1cc2ccc(-c3ccc(Cl)cc3)cc2o1. The van der Waals surface area contributed by atoms with Crippen LogP contribution in [0.1, 0.15) is 10.6 Å². The Bertz CT molecular complexity index is 711. The van der Waals surface area contributed by atoms with Gasteiger partial charge in [0.15, 0.2) is 12.0 Å². The van der Waals surface area contributed by atoms with Crippen LogP contribution in [0.15, 0.2) is 52.9 Å². The molecule has 0 bridgehead atoms. The Morgan fingerprint density at radius 2 is 1.67 bits per heavy atom. The van der Waals surface area contributed by atoms with Crippen LogP contribution in [-0.2, 0) is 0 Å². The van der Waals surface area contributed by atoms with Gasteiger partial charge in [-0.1, -0.05) is 35.9 Å². The maximum atomic E-state index is 10.7. The van der Waals surface area contributed by atoms with Crippen molar-refractivity contribution in [2.24, 2.45) is 0 Å². The molecule has 0 amide bonds. The second-order valence-electron chi connectivity index (χ2n) is 4.03. The van der Waals surface area contributed by atoms with Crippen molar-refractivity contribution in [2.75, 3.05) is 0 Å². The van der Waals surface area contributed by atoms with Crippen LogP contribution in [0.4, 0.5) is 0 Å². The molecule has 0 unspecified atom stereocenters. The number of carbonyl (C=O) groups excluding carboxylic acids is 1. The van der Waals surface area contributed by atoms with E-state index in [1.54, 1.807) is 6.07 Å². The summed E-state index contributed by atoms with van der Waals surface area (Å²) in [5, 5.41) is 1.64. The molecule has 0 spiro atoms. The van der Waals surface area contributed by atoms with Gasteiger partial charge in [0.05, 0.1) is 0 Å². The topological polar surface area (TPSA) is 30.2 Å². The molecule has 2 aromatic carbocycles. The Hall–Kier alpha value is -2.06. The molecular weight excluding hydrogens is 248 g/mol. The molecular formula is C15H9ClO2. The number of rotatable bonds is 2. The highest BCUT2D eigenvalue weighted by atomic mass is 35.5. The van der Waals surface area contributed by atoms with Gasteiger partial charge in [-0.2, -0.15) is 0 Å². The monoisotopic (exact) mass is 256 g/mol. The van der Waals surface area contributed by atoms with Crippen LogP contribution in [0.25, 0.3) is 22.1 Å². The van der Waals surface area contributed by atoms with E-state index >= 15 is 0 Å². The summed E-state index contributed by atoms with van der Waals surface area (Å²) < 4.78 is 5.41. The highest BCUT2D eigenvalue weighted by Crippen LogP contribution is 2.27. The van der Waals surface area contributed by atoms with E-state index in [0.717, 1.165) is 16.5 Å². The van der Waals surface area contributed by atoms with Gasteiger partial charge in [-0.05, 0) is 35.4 Å². The van der Waals surface area contributed by atoms with Gasteiger partial charge in [0.2, 0.25) is 0 Å². The van der Waals surface area contributed by atoms with E-state index in [4.69, 9.17) is 16.0 Å². The highest BCUT2D eigenvalue weighted by Gasteiger charge is 2.05. The van der Waals surface area contributed by atoms with Crippen molar-refractivity contribution >= 4 is 28.9 Å². The molecule has 18 heavy (non-hydrogen) atoms. The zero-order chi connectivity index (χ0) is 12.5. The van der Waals surface area contributed by atoms with Crippen LogP contribution in [-0.4, -0.2) is 6.29 Å². The van der Waals surface area contributed by atoms with Gasteiger partial charge in [-0.3, -0.25) is 4.79 Å². The Kier molecular flexibility index (Phi) is 2.65. The maximum absolute atomic E-state index is 10.7. The van der Waals surface area contributed by atoms with Crippen molar-refractivity contribution in [1.29, 1.82) is 0 Å². The largest absolute Gasteiger partial charge is 0.453 e. The van der Waals surface area contributed by atoms with E-state index in [0.29, 0.717) is 22.7 Å². The van der Waals surface area contributed by atoms with Crippen LogP contribution in [0.5, 0.6) is 0 Å². The lowest BCUT2D eigenvalue weighted by molar-refractivity contribution is 0.110. The maximum Gasteiger partial charge on any atom is 0.185 e. The molecule has 1 heterocycles. The number of aldehydes is 1. The van der Waals surface area contributed by atoms with Crippen molar-refractivity contribution in [2.45, 2.75) is 0 Å². The third kappa shape index (κ3) is 1.91. The Balaban J connectivity index is 2.12. The van der Waals surface area contributed by atoms with Gasteiger partial charge in [0.25, 0.3) is 0 Å². The molecule has 3 aromatic rings. The summed E-state index contributed by atoms with van der Waals surface area (Å²) in [6.45, 7) is 0. The van der Waals surface area contributed by atoms with E-state index in [-0.39, 0.29) is 0 Å². The number of halogens is 1. The first-order valence-electron chi connectivity index (χ1n) is 5.51.